The van der Waals surface area contributed by atoms with E-state index in [1.54, 1.807) is 0 Å². The fourth-order valence-electron chi connectivity index (χ4n) is 4.29. The van der Waals surface area contributed by atoms with E-state index in [4.69, 9.17) is 4.74 Å². The molecule has 0 aromatic heterocycles. The highest BCUT2D eigenvalue weighted by atomic mass is 16.5. The number of ether oxygens (including phenoxy) is 1. The molecule has 0 unspecified atom stereocenters. The summed E-state index contributed by atoms with van der Waals surface area (Å²) in [5.74, 6) is -1.80. The van der Waals surface area contributed by atoms with E-state index in [-0.39, 0.29) is 44.2 Å². The number of alkyl carbamates (subject to hydrolysis) is 1. The topological polar surface area (TPSA) is 113 Å². The fourth-order valence-corrected chi connectivity index (χ4v) is 4.29. The Kier molecular flexibility index (Phi) is 6.20. The molecule has 2 aliphatic rings. The van der Waals surface area contributed by atoms with Crippen LogP contribution in [0.4, 0.5) is 4.79 Å². The number of amides is 2. The minimum absolute atomic E-state index is 0.0500. The van der Waals surface area contributed by atoms with Gasteiger partial charge in [0.25, 0.3) is 0 Å². The van der Waals surface area contributed by atoms with Crippen LogP contribution in [0.1, 0.15) is 36.3 Å². The normalized spacial score (nSPS) is 16.1. The Morgan fingerprint density at radius 2 is 1.56 bits per heavy atom. The molecule has 4 rings (SSSR count). The van der Waals surface area contributed by atoms with Gasteiger partial charge in [0.15, 0.2) is 0 Å². The molecule has 0 saturated carbocycles. The molecule has 1 atom stereocenters. The first-order chi connectivity index (χ1) is 15.4. The third-order valence-electron chi connectivity index (χ3n) is 5.99. The minimum Gasteiger partial charge on any atom is -0.480 e. The van der Waals surface area contributed by atoms with Gasteiger partial charge < -0.3 is 20.1 Å². The number of hydrogen-bond donors (Lipinski definition) is 2. The van der Waals surface area contributed by atoms with E-state index in [9.17, 15) is 24.3 Å². The van der Waals surface area contributed by atoms with Gasteiger partial charge in [0.05, 0.1) is 6.42 Å². The molecular formula is C24H24N2O6. The number of ketones is 1. The zero-order valence-corrected chi connectivity index (χ0v) is 17.5. The number of likely N-dealkylation sites (tertiary alicyclic amines) is 1. The van der Waals surface area contributed by atoms with Crippen molar-refractivity contribution >= 4 is 23.8 Å². The number of carbonyl (C=O) groups excluding carboxylic acids is 3. The van der Waals surface area contributed by atoms with Crippen molar-refractivity contribution in [1.29, 1.82) is 0 Å². The van der Waals surface area contributed by atoms with Crippen molar-refractivity contribution in [2.24, 2.45) is 0 Å². The maximum absolute atomic E-state index is 12.4. The summed E-state index contributed by atoms with van der Waals surface area (Å²) in [5, 5.41) is 11.7. The molecule has 2 aromatic rings. The third kappa shape index (κ3) is 4.49. The molecule has 8 heteroatoms. The molecule has 0 spiro atoms. The lowest BCUT2D eigenvalue weighted by Gasteiger charge is -2.27. The fraction of sp³-hybridized carbons (Fsp3) is 0.333. The average Bonchev–Trinajstić information content (AvgIpc) is 3.11. The van der Waals surface area contributed by atoms with E-state index in [0.717, 1.165) is 22.3 Å². The Morgan fingerprint density at radius 1 is 1.00 bits per heavy atom. The zero-order chi connectivity index (χ0) is 22.7. The van der Waals surface area contributed by atoms with E-state index in [1.807, 2.05) is 48.5 Å². The molecule has 2 N–H and O–H groups in total. The van der Waals surface area contributed by atoms with Crippen molar-refractivity contribution in [2.45, 2.75) is 31.2 Å². The molecule has 1 heterocycles. The van der Waals surface area contributed by atoms with Gasteiger partial charge in [-0.25, -0.2) is 9.59 Å². The molecule has 0 radical (unpaired) electrons. The monoisotopic (exact) mass is 436 g/mol. The second kappa shape index (κ2) is 9.21. The summed E-state index contributed by atoms with van der Waals surface area (Å²) in [6, 6.07) is 14.4. The predicted octanol–water partition coefficient (Wildman–Crippen LogP) is 2.56. The van der Waals surface area contributed by atoms with Gasteiger partial charge in [-0.1, -0.05) is 48.5 Å². The van der Waals surface area contributed by atoms with E-state index in [2.05, 4.69) is 5.32 Å². The molecular weight excluding hydrogens is 412 g/mol. The van der Waals surface area contributed by atoms with Crippen LogP contribution in [0.2, 0.25) is 0 Å². The molecule has 32 heavy (non-hydrogen) atoms. The van der Waals surface area contributed by atoms with E-state index in [1.165, 1.54) is 4.90 Å². The number of aliphatic carboxylic acids is 1. The van der Waals surface area contributed by atoms with Gasteiger partial charge in [-0.2, -0.15) is 0 Å². The second-order valence-electron chi connectivity index (χ2n) is 7.98. The number of carbonyl (C=O) groups is 4. The maximum Gasteiger partial charge on any atom is 0.407 e. The summed E-state index contributed by atoms with van der Waals surface area (Å²) >= 11 is 0. The Bertz CT molecular complexity index is 1010. The van der Waals surface area contributed by atoms with Crippen LogP contribution < -0.4 is 5.32 Å². The van der Waals surface area contributed by atoms with Gasteiger partial charge in [0.2, 0.25) is 5.91 Å². The number of nitrogens with one attached hydrogen (secondary N) is 1. The second-order valence-corrected chi connectivity index (χ2v) is 7.98. The summed E-state index contributed by atoms with van der Waals surface area (Å²) in [7, 11) is 0. The summed E-state index contributed by atoms with van der Waals surface area (Å²) < 4.78 is 5.38. The van der Waals surface area contributed by atoms with Crippen molar-refractivity contribution in [1.82, 2.24) is 10.2 Å². The number of hydrogen-bond acceptors (Lipinski definition) is 5. The van der Waals surface area contributed by atoms with Crippen LogP contribution in [0, 0.1) is 0 Å². The lowest BCUT2D eigenvalue weighted by molar-refractivity contribution is -0.144. The van der Waals surface area contributed by atoms with Crippen LogP contribution in [0.3, 0.4) is 0 Å². The number of benzene rings is 2. The van der Waals surface area contributed by atoms with Gasteiger partial charge in [0, 0.05) is 31.8 Å². The van der Waals surface area contributed by atoms with Crippen LogP contribution in [-0.2, 0) is 19.1 Å². The van der Waals surface area contributed by atoms with Crippen molar-refractivity contribution in [3.8, 4) is 11.1 Å². The minimum atomic E-state index is -1.41. The first-order valence-electron chi connectivity index (χ1n) is 10.6. The van der Waals surface area contributed by atoms with Crippen LogP contribution in [-0.4, -0.2) is 59.5 Å². The van der Waals surface area contributed by atoms with Crippen molar-refractivity contribution in [3.05, 3.63) is 59.7 Å². The smallest absolute Gasteiger partial charge is 0.407 e. The van der Waals surface area contributed by atoms with Crippen molar-refractivity contribution < 1.29 is 29.0 Å². The highest BCUT2D eigenvalue weighted by Gasteiger charge is 2.31. The maximum atomic E-state index is 12.4. The molecule has 0 bridgehead atoms. The molecule has 2 aromatic carbocycles. The summed E-state index contributed by atoms with van der Waals surface area (Å²) in [5.41, 5.74) is 4.27. The Balaban J connectivity index is 1.37. The highest BCUT2D eigenvalue weighted by molar-refractivity contribution is 5.88. The van der Waals surface area contributed by atoms with Crippen LogP contribution in [0.15, 0.2) is 48.5 Å². The SMILES string of the molecule is O=C1CCN(C(=O)C[C@H](NC(=O)OCC2c3ccccc3-c3ccccc32)C(=O)O)CC1. The molecule has 8 nitrogen and oxygen atoms in total. The number of rotatable bonds is 6. The molecule has 1 aliphatic carbocycles. The molecule has 166 valence electrons. The molecule has 1 aliphatic heterocycles. The number of Topliss-reactive ketones (excluding diaryl/α,β-unsaturated/α-hetero) is 1. The quantitative estimate of drug-likeness (QED) is 0.720. The first kappa shape index (κ1) is 21.5. The van der Waals surface area contributed by atoms with E-state index < -0.39 is 30.4 Å². The highest BCUT2D eigenvalue weighted by Crippen LogP contribution is 2.44. The van der Waals surface area contributed by atoms with Crippen molar-refractivity contribution in [2.75, 3.05) is 19.7 Å². The number of fused-ring (bicyclic) bond motifs is 3. The van der Waals surface area contributed by atoms with E-state index in [0.29, 0.717) is 0 Å². The summed E-state index contributed by atoms with van der Waals surface area (Å²) in [6.07, 6.45) is -0.749. The largest absolute Gasteiger partial charge is 0.480 e. The van der Waals surface area contributed by atoms with Crippen LogP contribution in [0.25, 0.3) is 11.1 Å². The van der Waals surface area contributed by atoms with Gasteiger partial charge in [-0.15, -0.1) is 0 Å². The summed E-state index contributed by atoms with van der Waals surface area (Å²) in [4.78, 5) is 49.2. The van der Waals surface area contributed by atoms with Gasteiger partial charge in [-0.05, 0) is 22.3 Å². The first-order valence-corrected chi connectivity index (χ1v) is 10.6. The Labute approximate surface area is 185 Å². The number of carboxylic acid groups (broad SMARTS) is 1. The molecule has 2 amide bonds. The summed E-state index contributed by atoms with van der Waals surface area (Å²) in [6.45, 7) is 0.596. The predicted molar refractivity (Wildman–Crippen MR) is 115 cm³/mol. The molecule has 1 fully saturated rings. The van der Waals surface area contributed by atoms with Gasteiger partial charge >= 0.3 is 12.1 Å². The van der Waals surface area contributed by atoms with Crippen molar-refractivity contribution in [3.63, 3.8) is 0 Å². The zero-order valence-electron chi connectivity index (χ0n) is 17.5. The third-order valence-corrected chi connectivity index (χ3v) is 5.99. The Hall–Kier alpha value is -3.68. The van der Waals surface area contributed by atoms with E-state index >= 15 is 0 Å². The lowest BCUT2D eigenvalue weighted by Crippen LogP contribution is -2.47. The van der Waals surface area contributed by atoms with Gasteiger partial charge in [0.1, 0.15) is 18.4 Å². The average molecular weight is 436 g/mol. The Morgan fingerprint density at radius 3 is 2.12 bits per heavy atom. The molecule has 1 saturated heterocycles. The number of nitrogens with zero attached hydrogens (tertiary/aromatic N) is 1. The number of piperidine rings is 1. The van der Waals surface area contributed by atoms with Gasteiger partial charge in [-0.3, -0.25) is 9.59 Å². The number of carboxylic acids is 1. The standard InChI is InChI=1S/C24H24N2O6/c27-15-9-11-26(12-10-15)22(28)13-21(23(29)30)25-24(31)32-14-20-18-7-3-1-5-16(18)17-6-2-4-8-19(17)20/h1-8,20-21H,9-14H2,(H,25,31)(H,29,30)/t21-/m0/s1. The lowest BCUT2D eigenvalue weighted by atomic mass is 9.98. The van der Waals surface area contributed by atoms with Crippen LogP contribution >= 0.6 is 0 Å². The van der Waals surface area contributed by atoms with Crippen LogP contribution in [0.5, 0.6) is 0 Å².